The Balaban J connectivity index is 2.54. The average molecular weight is 250 g/mol. The summed E-state index contributed by atoms with van der Waals surface area (Å²) in [6.45, 7) is 12.6. The molecule has 1 rings (SSSR count). The molecular weight excluding hydrogens is 224 g/mol. The summed E-state index contributed by atoms with van der Waals surface area (Å²) < 4.78 is 5.71. The van der Waals surface area contributed by atoms with Crippen LogP contribution in [0.25, 0.3) is 0 Å². The molecule has 0 radical (unpaired) electrons. The van der Waals surface area contributed by atoms with Gasteiger partial charge < -0.3 is 10.1 Å². The molecule has 18 heavy (non-hydrogen) atoms. The lowest BCUT2D eigenvalue weighted by atomic mass is 9.93. The maximum Gasteiger partial charge on any atom is 0.213 e. The van der Waals surface area contributed by atoms with Gasteiger partial charge in [0.2, 0.25) is 5.88 Å². The molecule has 0 amide bonds. The summed E-state index contributed by atoms with van der Waals surface area (Å²) >= 11 is 0. The van der Waals surface area contributed by atoms with Crippen LogP contribution in [0.4, 0.5) is 0 Å². The van der Waals surface area contributed by atoms with Gasteiger partial charge >= 0.3 is 0 Å². The van der Waals surface area contributed by atoms with E-state index in [-0.39, 0.29) is 0 Å². The minimum absolute atomic E-state index is 0.300. The van der Waals surface area contributed by atoms with E-state index in [9.17, 15) is 0 Å². The highest BCUT2D eigenvalue weighted by atomic mass is 16.5. The van der Waals surface area contributed by atoms with Gasteiger partial charge in [-0.25, -0.2) is 4.98 Å². The molecular formula is C15H26N2O. The molecule has 1 aromatic heterocycles. The number of pyridine rings is 1. The largest absolute Gasteiger partial charge is 0.478 e. The number of hydrogen-bond acceptors (Lipinski definition) is 3. The van der Waals surface area contributed by atoms with Crippen molar-refractivity contribution < 1.29 is 4.74 Å². The van der Waals surface area contributed by atoms with Crippen molar-refractivity contribution in [2.75, 3.05) is 13.2 Å². The number of aromatic nitrogens is 1. The molecule has 0 bridgehead atoms. The van der Waals surface area contributed by atoms with E-state index in [2.05, 4.69) is 44.9 Å². The molecule has 0 saturated carbocycles. The van der Waals surface area contributed by atoms with Crippen molar-refractivity contribution in [2.24, 2.45) is 5.41 Å². The SMILES string of the molecule is CCNC(C)c1ccnc(OCCC(C)(C)C)c1. The average Bonchev–Trinajstić information content (AvgIpc) is 2.28. The maximum atomic E-state index is 5.71. The molecule has 0 saturated heterocycles. The van der Waals surface area contributed by atoms with Crippen LogP contribution in [-0.2, 0) is 0 Å². The van der Waals surface area contributed by atoms with Gasteiger partial charge in [0, 0.05) is 18.3 Å². The summed E-state index contributed by atoms with van der Waals surface area (Å²) in [6, 6.07) is 4.39. The molecule has 0 aliphatic heterocycles. The van der Waals surface area contributed by atoms with Crippen LogP contribution in [0.5, 0.6) is 5.88 Å². The Hall–Kier alpha value is -1.09. The van der Waals surface area contributed by atoms with Crippen LogP contribution in [0.1, 0.15) is 52.6 Å². The standard InChI is InChI=1S/C15H26N2O/c1-6-16-12(2)13-7-9-17-14(11-13)18-10-8-15(3,4)5/h7,9,11-12,16H,6,8,10H2,1-5H3. The second kappa shape index (κ2) is 6.74. The molecule has 1 atom stereocenters. The predicted molar refractivity (Wildman–Crippen MR) is 75.9 cm³/mol. The molecule has 3 nitrogen and oxygen atoms in total. The van der Waals surface area contributed by atoms with E-state index >= 15 is 0 Å². The van der Waals surface area contributed by atoms with Crippen molar-refractivity contribution in [3.63, 3.8) is 0 Å². The number of nitrogens with one attached hydrogen (secondary N) is 1. The number of hydrogen-bond donors (Lipinski definition) is 1. The second-order valence-electron chi connectivity index (χ2n) is 5.87. The molecule has 1 heterocycles. The van der Waals surface area contributed by atoms with E-state index in [0.29, 0.717) is 11.5 Å². The second-order valence-corrected chi connectivity index (χ2v) is 5.87. The lowest BCUT2D eigenvalue weighted by Gasteiger charge is -2.18. The first-order valence-electron chi connectivity index (χ1n) is 6.74. The quantitative estimate of drug-likeness (QED) is 0.838. The Morgan fingerprint density at radius 2 is 2.11 bits per heavy atom. The van der Waals surface area contributed by atoms with Gasteiger partial charge in [-0.2, -0.15) is 0 Å². The van der Waals surface area contributed by atoms with Crippen LogP contribution in [0.15, 0.2) is 18.3 Å². The maximum absolute atomic E-state index is 5.71. The highest BCUT2D eigenvalue weighted by molar-refractivity contribution is 5.23. The van der Waals surface area contributed by atoms with Crippen molar-refractivity contribution in [3.8, 4) is 5.88 Å². The Labute approximate surface area is 111 Å². The fraction of sp³-hybridized carbons (Fsp3) is 0.667. The first kappa shape index (κ1) is 15.0. The highest BCUT2D eigenvalue weighted by Gasteiger charge is 2.11. The van der Waals surface area contributed by atoms with Gasteiger partial charge in [0.15, 0.2) is 0 Å². The third kappa shape index (κ3) is 5.50. The smallest absolute Gasteiger partial charge is 0.213 e. The molecule has 102 valence electrons. The molecule has 0 aromatic carbocycles. The third-order valence-corrected chi connectivity index (χ3v) is 2.87. The monoisotopic (exact) mass is 250 g/mol. The summed E-state index contributed by atoms with van der Waals surface area (Å²) in [5, 5.41) is 3.39. The Morgan fingerprint density at radius 1 is 1.39 bits per heavy atom. The van der Waals surface area contributed by atoms with Crippen LogP contribution < -0.4 is 10.1 Å². The molecule has 1 aromatic rings. The molecule has 0 fully saturated rings. The first-order chi connectivity index (χ1) is 8.42. The molecule has 0 aliphatic carbocycles. The van der Waals surface area contributed by atoms with Crippen molar-refractivity contribution >= 4 is 0 Å². The minimum Gasteiger partial charge on any atom is -0.478 e. The Bertz CT molecular complexity index is 358. The fourth-order valence-corrected chi connectivity index (χ4v) is 1.66. The van der Waals surface area contributed by atoms with E-state index in [1.807, 2.05) is 18.3 Å². The van der Waals surface area contributed by atoms with Gasteiger partial charge in [-0.05, 0) is 36.9 Å². The molecule has 0 spiro atoms. The lowest BCUT2D eigenvalue weighted by Crippen LogP contribution is -2.18. The third-order valence-electron chi connectivity index (χ3n) is 2.87. The van der Waals surface area contributed by atoms with Gasteiger partial charge in [0.1, 0.15) is 0 Å². The summed E-state index contributed by atoms with van der Waals surface area (Å²) in [6.07, 6.45) is 2.84. The van der Waals surface area contributed by atoms with Crippen LogP contribution >= 0.6 is 0 Å². The van der Waals surface area contributed by atoms with Gasteiger partial charge in [-0.3, -0.25) is 0 Å². The van der Waals surface area contributed by atoms with E-state index in [1.165, 1.54) is 5.56 Å². The Kier molecular flexibility index (Phi) is 5.60. The molecule has 0 aliphatic rings. The van der Waals surface area contributed by atoms with Gasteiger partial charge in [0.05, 0.1) is 6.61 Å². The van der Waals surface area contributed by atoms with Gasteiger partial charge in [0.25, 0.3) is 0 Å². The van der Waals surface area contributed by atoms with Crippen molar-refractivity contribution in [1.29, 1.82) is 0 Å². The van der Waals surface area contributed by atoms with Crippen LogP contribution in [-0.4, -0.2) is 18.1 Å². The summed E-state index contributed by atoms with van der Waals surface area (Å²) in [5.74, 6) is 0.724. The molecule has 3 heteroatoms. The van der Waals surface area contributed by atoms with E-state index in [4.69, 9.17) is 4.74 Å². The van der Waals surface area contributed by atoms with Crippen LogP contribution in [0.2, 0.25) is 0 Å². The summed E-state index contributed by atoms with van der Waals surface area (Å²) in [7, 11) is 0. The fourth-order valence-electron chi connectivity index (χ4n) is 1.66. The Morgan fingerprint density at radius 3 is 2.72 bits per heavy atom. The minimum atomic E-state index is 0.300. The molecule has 1 unspecified atom stereocenters. The van der Waals surface area contributed by atoms with Gasteiger partial charge in [-0.1, -0.05) is 27.7 Å². The number of rotatable bonds is 6. The van der Waals surface area contributed by atoms with Crippen LogP contribution in [0.3, 0.4) is 0 Å². The van der Waals surface area contributed by atoms with Gasteiger partial charge in [-0.15, -0.1) is 0 Å². The topological polar surface area (TPSA) is 34.2 Å². The number of ether oxygens (including phenoxy) is 1. The zero-order valence-electron chi connectivity index (χ0n) is 12.3. The van der Waals surface area contributed by atoms with E-state index < -0.39 is 0 Å². The van der Waals surface area contributed by atoms with Crippen molar-refractivity contribution in [2.45, 2.75) is 47.1 Å². The van der Waals surface area contributed by atoms with E-state index in [1.54, 1.807) is 0 Å². The highest BCUT2D eigenvalue weighted by Crippen LogP contribution is 2.20. The van der Waals surface area contributed by atoms with Crippen molar-refractivity contribution in [1.82, 2.24) is 10.3 Å². The lowest BCUT2D eigenvalue weighted by molar-refractivity contribution is 0.236. The zero-order chi connectivity index (χ0) is 13.6. The normalized spacial score (nSPS) is 13.4. The summed E-state index contributed by atoms with van der Waals surface area (Å²) in [4.78, 5) is 4.25. The van der Waals surface area contributed by atoms with E-state index in [0.717, 1.165) is 25.5 Å². The summed E-state index contributed by atoms with van der Waals surface area (Å²) in [5.41, 5.74) is 1.52. The van der Waals surface area contributed by atoms with Crippen molar-refractivity contribution in [3.05, 3.63) is 23.9 Å². The first-order valence-corrected chi connectivity index (χ1v) is 6.74. The predicted octanol–water partition coefficient (Wildman–Crippen LogP) is 3.57. The van der Waals surface area contributed by atoms with Crippen LogP contribution in [0, 0.1) is 5.41 Å². The zero-order valence-corrected chi connectivity index (χ0v) is 12.3. The number of nitrogens with zero attached hydrogens (tertiary/aromatic N) is 1. The molecule has 1 N–H and O–H groups in total.